The van der Waals surface area contributed by atoms with Gasteiger partial charge in [0, 0.05) is 12.7 Å². The molecule has 0 fully saturated rings. The molecule has 0 saturated heterocycles. The number of hydrogen-bond acceptors (Lipinski definition) is 5. The summed E-state index contributed by atoms with van der Waals surface area (Å²) in [5.41, 5.74) is 2.13. The Morgan fingerprint density at radius 3 is 2.71 bits per heavy atom. The Balaban J connectivity index is 2.24. The molecule has 0 atom stereocenters. The fourth-order valence-electron chi connectivity index (χ4n) is 1.98. The van der Waals surface area contributed by atoms with E-state index < -0.39 is 0 Å². The third-order valence-electron chi connectivity index (χ3n) is 2.95. The summed E-state index contributed by atoms with van der Waals surface area (Å²) in [7, 11) is 0. The van der Waals surface area contributed by atoms with Gasteiger partial charge in [-0.3, -0.25) is 0 Å². The van der Waals surface area contributed by atoms with Crippen molar-refractivity contribution in [3.63, 3.8) is 0 Å². The average molecular weight is 284 g/mol. The summed E-state index contributed by atoms with van der Waals surface area (Å²) in [6.45, 7) is 2.62. The number of esters is 1. The molecule has 21 heavy (non-hydrogen) atoms. The minimum atomic E-state index is -0.384. The molecule has 0 saturated carbocycles. The van der Waals surface area contributed by atoms with Crippen molar-refractivity contribution in [3.8, 4) is 0 Å². The van der Waals surface area contributed by atoms with E-state index in [1.165, 1.54) is 6.20 Å². The minimum Gasteiger partial charge on any atom is -0.462 e. The normalized spacial score (nSPS) is 15.8. The molecule has 108 valence electrons. The molecule has 5 heteroatoms. The number of hydrogen-bond donors (Lipinski definition) is 0. The summed E-state index contributed by atoms with van der Waals surface area (Å²) >= 11 is 0. The van der Waals surface area contributed by atoms with Gasteiger partial charge in [0.2, 0.25) is 0 Å². The first kappa shape index (κ1) is 14.7. The first-order chi connectivity index (χ1) is 10.2. The summed E-state index contributed by atoms with van der Waals surface area (Å²) in [5.74, 6) is -0.384. The lowest BCUT2D eigenvalue weighted by Crippen LogP contribution is -2.21. The van der Waals surface area contributed by atoms with Crippen LogP contribution in [0.4, 0.5) is 0 Å². The van der Waals surface area contributed by atoms with Crippen molar-refractivity contribution >= 4 is 5.97 Å². The third kappa shape index (κ3) is 3.89. The molecule has 0 aliphatic carbocycles. The van der Waals surface area contributed by atoms with E-state index in [9.17, 15) is 9.70 Å². The molecule has 5 nitrogen and oxygen atoms in total. The summed E-state index contributed by atoms with van der Waals surface area (Å²) < 4.78 is 4.99. The van der Waals surface area contributed by atoms with Crippen LogP contribution in [0.15, 0.2) is 71.3 Å². The minimum absolute atomic E-state index is 0.321. The monoisotopic (exact) mass is 284 g/mol. The standard InChI is InChI=1S/C16H16N2O3/c1-2-21-16(19)14-8-9-15(10-17-20)18(12-14)11-13-6-4-3-5-7-13/h3-10,12H,2,11H2,1H3/b15-10+. The van der Waals surface area contributed by atoms with Crippen molar-refractivity contribution in [2.75, 3.05) is 6.61 Å². The quantitative estimate of drug-likeness (QED) is 0.615. The van der Waals surface area contributed by atoms with E-state index >= 15 is 0 Å². The highest BCUT2D eigenvalue weighted by atomic mass is 16.5. The number of carbonyl (C=O) groups excluding carboxylic acids is 1. The number of nitrogens with zero attached hydrogens (tertiary/aromatic N) is 2. The SMILES string of the molecule is CCOC(=O)C1=CN(Cc2ccccc2)/C(=C/N=O)C=C1. The lowest BCUT2D eigenvalue weighted by atomic mass is 10.1. The van der Waals surface area contributed by atoms with Crippen molar-refractivity contribution in [1.82, 2.24) is 4.90 Å². The van der Waals surface area contributed by atoms with Crippen LogP contribution in [-0.4, -0.2) is 17.5 Å². The van der Waals surface area contributed by atoms with E-state index in [0.717, 1.165) is 5.56 Å². The second-order valence-corrected chi connectivity index (χ2v) is 4.41. The van der Waals surface area contributed by atoms with Crippen molar-refractivity contribution in [1.29, 1.82) is 0 Å². The highest BCUT2D eigenvalue weighted by molar-refractivity contribution is 5.92. The fourth-order valence-corrected chi connectivity index (χ4v) is 1.98. The molecule has 1 aliphatic heterocycles. The highest BCUT2D eigenvalue weighted by Crippen LogP contribution is 2.21. The smallest absolute Gasteiger partial charge is 0.339 e. The molecular formula is C16H16N2O3. The lowest BCUT2D eigenvalue weighted by molar-refractivity contribution is -0.138. The number of benzene rings is 1. The van der Waals surface area contributed by atoms with Crippen molar-refractivity contribution < 1.29 is 9.53 Å². The van der Waals surface area contributed by atoms with Crippen LogP contribution >= 0.6 is 0 Å². The molecule has 0 spiro atoms. The molecule has 0 aromatic heterocycles. The molecule has 0 N–H and O–H groups in total. The van der Waals surface area contributed by atoms with Crippen LogP contribution in [0.25, 0.3) is 0 Å². The number of nitroso groups, excluding NO2 is 1. The molecule has 1 aliphatic rings. The van der Waals surface area contributed by atoms with Crippen LogP contribution in [0.2, 0.25) is 0 Å². The van der Waals surface area contributed by atoms with Gasteiger partial charge in [-0.25, -0.2) is 4.79 Å². The summed E-state index contributed by atoms with van der Waals surface area (Å²) in [6.07, 6.45) is 6.19. The summed E-state index contributed by atoms with van der Waals surface area (Å²) in [6, 6.07) is 9.76. The van der Waals surface area contributed by atoms with E-state index in [-0.39, 0.29) is 5.97 Å². The topological polar surface area (TPSA) is 59.0 Å². The van der Waals surface area contributed by atoms with Crippen LogP contribution in [0.3, 0.4) is 0 Å². The molecular weight excluding hydrogens is 268 g/mol. The van der Waals surface area contributed by atoms with Gasteiger partial charge in [0.25, 0.3) is 0 Å². The zero-order chi connectivity index (χ0) is 15.1. The molecule has 1 heterocycles. The van der Waals surface area contributed by atoms with Gasteiger partial charge < -0.3 is 9.64 Å². The fraction of sp³-hybridized carbons (Fsp3) is 0.188. The molecule has 0 unspecified atom stereocenters. The predicted octanol–water partition coefficient (Wildman–Crippen LogP) is 3.11. The first-order valence-corrected chi connectivity index (χ1v) is 6.65. The van der Waals surface area contributed by atoms with Crippen LogP contribution in [0.5, 0.6) is 0 Å². The van der Waals surface area contributed by atoms with Crippen LogP contribution in [0.1, 0.15) is 12.5 Å². The Hall–Kier alpha value is -2.69. The summed E-state index contributed by atoms with van der Waals surface area (Å²) in [5, 5.41) is 2.81. The number of carbonyl (C=O) groups is 1. The van der Waals surface area contributed by atoms with Gasteiger partial charge >= 0.3 is 5.97 Å². The van der Waals surface area contributed by atoms with Crippen molar-refractivity contribution in [3.05, 3.63) is 76.6 Å². The van der Waals surface area contributed by atoms with E-state index in [1.54, 1.807) is 30.2 Å². The molecule has 2 rings (SSSR count). The highest BCUT2D eigenvalue weighted by Gasteiger charge is 2.16. The summed E-state index contributed by atoms with van der Waals surface area (Å²) in [4.78, 5) is 24.1. The van der Waals surface area contributed by atoms with Gasteiger partial charge in [-0.05, 0) is 29.8 Å². The maximum atomic E-state index is 11.8. The molecule has 1 aromatic rings. The average Bonchev–Trinajstić information content (AvgIpc) is 2.50. The molecule has 0 radical (unpaired) electrons. The van der Waals surface area contributed by atoms with Gasteiger partial charge in [0.1, 0.15) is 0 Å². The van der Waals surface area contributed by atoms with Gasteiger partial charge in [0.15, 0.2) is 0 Å². The Labute approximate surface area is 123 Å². The van der Waals surface area contributed by atoms with E-state index in [0.29, 0.717) is 24.4 Å². The van der Waals surface area contributed by atoms with E-state index in [4.69, 9.17) is 4.74 Å². The zero-order valence-corrected chi connectivity index (χ0v) is 11.7. The van der Waals surface area contributed by atoms with Crippen LogP contribution in [-0.2, 0) is 16.1 Å². The second kappa shape index (κ2) is 7.19. The number of rotatable bonds is 5. The Kier molecular flexibility index (Phi) is 5.04. The third-order valence-corrected chi connectivity index (χ3v) is 2.95. The molecule has 1 aromatic carbocycles. The van der Waals surface area contributed by atoms with E-state index in [2.05, 4.69) is 5.18 Å². The number of ether oxygens (including phenoxy) is 1. The maximum absolute atomic E-state index is 11.8. The van der Waals surface area contributed by atoms with Gasteiger partial charge in [-0.1, -0.05) is 30.3 Å². The Bertz CT molecular complexity index is 603. The van der Waals surface area contributed by atoms with Gasteiger partial charge in [-0.2, -0.15) is 0 Å². The van der Waals surface area contributed by atoms with Crippen molar-refractivity contribution in [2.24, 2.45) is 5.18 Å². The van der Waals surface area contributed by atoms with Gasteiger partial charge in [0.05, 0.1) is 24.1 Å². The zero-order valence-electron chi connectivity index (χ0n) is 11.7. The number of allylic oxidation sites excluding steroid dienone is 1. The van der Waals surface area contributed by atoms with Crippen LogP contribution in [0, 0.1) is 4.91 Å². The van der Waals surface area contributed by atoms with E-state index in [1.807, 2.05) is 30.3 Å². The second-order valence-electron chi connectivity index (χ2n) is 4.41. The molecule has 0 amide bonds. The lowest BCUT2D eigenvalue weighted by Gasteiger charge is -2.24. The largest absolute Gasteiger partial charge is 0.462 e. The van der Waals surface area contributed by atoms with Crippen LogP contribution < -0.4 is 0 Å². The van der Waals surface area contributed by atoms with Gasteiger partial charge in [-0.15, -0.1) is 4.91 Å². The maximum Gasteiger partial charge on any atom is 0.339 e. The molecule has 0 bridgehead atoms. The first-order valence-electron chi connectivity index (χ1n) is 6.65. The van der Waals surface area contributed by atoms with Crippen molar-refractivity contribution in [2.45, 2.75) is 13.5 Å². The Morgan fingerprint density at radius 1 is 1.29 bits per heavy atom. The Morgan fingerprint density at radius 2 is 2.05 bits per heavy atom. The predicted molar refractivity (Wildman–Crippen MR) is 79.7 cm³/mol.